The monoisotopic (exact) mass is 312 g/mol. The van der Waals surface area contributed by atoms with Gasteiger partial charge in [-0.05, 0) is 18.2 Å². The van der Waals surface area contributed by atoms with Gasteiger partial charge < -0.3 is 14.8 Å². The molecule has 0 aliphatic rings. The smallest absolute Gasteiger partial charge is 0.145 e. The van der Waals surface area contributed by atoms with E-state index in [9.17, 15) is 0 Å². The van der Waals surface area contributed by atoms with E-state index in [0.29, 0.717) is 33.1 Å². The fraction of sp³-hybridized carbons (Fsp3) is 0.214. The van der Waals surface area contributed by atoms with Gasteiger partial charge in [-0.25, -0.2) is 4.98 Å². The minimum atomic E-state index is 0.456. The molecule has 106 valence electrons. The molecule has 1 aromatic carbocycles. The Bertz CT molecular complexity index is 633. The maximum atomic E-state index is 6.23. The number of halogens is 2. The van der Waals surface area contributed by atoms with Crippen LogP contribution in [0, 0.1) is 0 Å². The van der Waals surface area contributed by atoms with E-state index >= 15 is 0 Å². The van der Waals surface area contributed by atoms with E-state index in [1.807, 2.05) is 12.1 Å². The molecule has 1 aromatic heterocycles. The minimum Gasteiger partial charge on any atom is -0.497 e. The van der Waals surface area contributed by atoms with E-state index in [1.54, 1.807) is 33.4 Å². The summed E-state index contributed by atoms with van der Waals surface area (Å²) in [6, 6.07) is 7.10. The highest BCUT2D eigenvalue weighted by Gasteiger charge is 2.15. The third-order valence-corrected chi connectivity index (χ3v) is 3.41. The van der Waals surface area contributed by atoms with E-state index in [0.717, 1.165) is 5.56 Å². The number of anilines is 1. The molecular weight excluding hydrogens is 299 g/mol. The number of hydrogen-bond donors (Lipinski definition) is 1. The first-order valence-corrected chi connectivity index (χ1v) is 6.62. The maximum Gasteiger partial charge on any atom is 0.145 e. The molecule has 0 saturated carbocycles. The van der Waals surface area contributed by atoms with Crippen LogP contribution in [-0.4, -0.2) is 26.3 Å². The van der Waals surface area contributed by atoms with Crippen molar-refractivity contribution in [3.05, 3.63) is 34.3 Å². The molecule has 0 aliphatic heterocycles. The normalized spacial score (nSPS) is 10.2. The Morgan fingerprint density at radius 2 is 1.80 bits per heavy atom. The van der Waals surface area contributed by atoms with Crippen molar-refractivity contribution < 1.29 is 9.47 Å². The van der Waals surface area contributed by atoms with E-state index in [4.69, 9.17) is 32.7 Å². The SMILES string of the molecule is CNc1nc(-c2ccc(OC)cc2OC)c(Cl)cc1Cl. The molecule has 4 nitrogen and oxygen atoms in total. The first-order chi connectivity index (χ1) is 9.60. The lowest BCUT2D eigenvalue weighted by Crippen LogP contribution is -1.98. The summed E-state index contributed by atoms with van der Waals surface area (Å²) in [7, 11) is 4.93. The van der Waals surface area contributed by atoms with Crippen molar-refractivity contribution >= 4 is 29.0 Å². The summed E-state index contributed by atoms with van der Waals surface area (Å²) in [5.41, 5.74) is 1.37. The summed E-state index contributed by atoms with van der Waals surface area (Å²) >= 11 is 12.3. The number of nitrogens with one attached hydrogen (secondary N) is 1. The second-order valence-electron chi connectivity index (χ2n) is 3.97. The van der Waals surface area contributed by atoms with Gasteiger partial charge in [0.05, 0.1) is 30.0 Å². The number of pyridine rings is 1. The molecule has 0 fully saturated rings. The van der Waals surface area contributed by atoms with Crippen LogP contribution in [0.2, 0.25) is 10.0 Å². The number of methoxy groups -OCH3 is 2. The van der Waals surface area contributed by atoms with Gasteiger partial charge in [-0.1, -0.05) is 23.2 Å². The first kappa shape index (κ1) is 14.8. The second-order valence-corrected chi connectivity index (χ2v) is 4.78. The average Bonchev–Trinajstić information content (AvgIpc) is 2.47. The predicted octanol–water partition coefficient (Wildman–Crippen LogP) is 4.11. The molecule has 0 saturated heterocycles. The van der Waals surface area contributed by atoms with Gasteiger partial charge in [0.15, 0.2) is 0 Å². The summed E-state index contributed by atoms with van der Waals surface area (Å²) < 4.78 is 10.5. The molecule has 2 rings (SSSR count). The molecule has 20 heavy (non-hydrogen) atoms. The Kier molecular flexibility index (Phi) is 4.57. The zero-order valence-electron chi connectivity index (χ0n) is 11.3. The zero-order valence-corrected chi connectivity index (χ0v) is 12.8. The topological polar surface area (TPSA) is 43.4 Å². The number of aromatic nitrogens is 1. The second kappa shape index (κ2) is 6.20. The molecule has 1 N–H and O–H groups in total. The zero-order chi connectivity index (χ0) is 14.7. The Morgan fingerprint density at radius 1 is 1.05 bits per heavy atom. The van der Waals surface area contributed by atoms with Crippen molar-refractivity contribution in [3.8, 4) is 22.8 Å². The van der Waals surface area contributed by atoms with Crippen molar-refractivity contribution in [1.82, 2.24) is 4.98 Å². The van der Waals surface area contributed by atoms with Crippen LogP contribution >= 0.6 is 23.2 Å². The predicted molar refractivity (Wildman–Crippen MR) is 82.3 cm³/mol. The van der Waals surface area contributed by atoms with Gasteiger partial charge in [0.1, 0.15) is 17.3 Å². The van der Waals surface area contributed by atoms with Crippen LogP contribution in [0.1, 0.15) is 0 Å². The first-order valence-electron chi connectivity index (χ1n) is 5.87. The maximum absolute atomic E-state index is 6.23. The van der Waals surface area contributed by atoms with Gasteiger partial charge in [-0.15, -0.1) is 0 Å². The fourth-order valence-electron chi connectivity index (χ4n) is 1.82. The van der Waals surface area contributed by atoms with Crippen LogP contribution in [0.5, 0.6) is 11.5 Å². The quantitative estimate of drug-likeness (QED) is 0.922. The van der Waals surface area contributed by atoms with Crippen LogP contribution in [0.4, 0.5) is 5.82 Å². The molecule has 0 aliphatic carbocycles. The molecule has 1 heterocycles. The van der Waals surface area contributed by atoms with Crippen LogP contribution in [0.3, 0.4) is 0 Å². The number of nitrogens with zero attached hydrogens (tertiary/aromatic N) is 1. The van der Waals surface area contributed by atoms with Gasteiger partial charge in [-0.2, -0.15) is 0 Å². The Labute approximate surface area is 127 Å². The van der Waals surface area contributed by atoms with Crippen molar-refractivity contribution in [1.29, 1.82) is 0 Å². The Balaban J connectivity index is 2.61. The number of benzene rings is 1. The van der Waals surface area contributed by atoms with Gasteiger partial charge >= 0.3 is 0 Å². The van der Waals surface area contributed by atoms with Gasteiger partial charge in [0, 0.05) is 18.7 Å². The lowest BCUT2D eigenvalue weighted by Gasteiger charge is -2.13. The molecule has 0 unspecified atom stereocenters. The Hall–Kier alpha value is -1.65. The molecule has 6 heteroatoms. The van der Waals surface area contributed by atoms with Crippen molar-refractivity contribution in [3.63, 3.8) is 0 Å². The van der Waals surface area contributed by atoms with Crippen LogP contribution in [0.15, 0.2) is 24.3 Å². The molecule has 0 bridgehead atoms. The summed E-state index contributed by atoms with van der Waals surface area (Å²) in [4.78, 5) is 4.43. The number of ether oxygens (including phenoxy) is 2. The van der Waals surface area contributed by atoms with E-state index < -0.39 is 0 Å². The van der Waals surface area contributed by atoms with Crippen molar-refractivity contribution in [2.24, 2.45) is 0 Å². The highest BCUT2D eigenvalue weighted by atomic mass is 35.5. The van der Waals surface area contributed by atoms with Gasteiger partial charge in [0.25, 0.3) is 0 Å². The van der Waals surface area contributed by atoms with Crippen LogP contribution in [0.25, 0.3) is 11.3 Å². The summed E-state index contributed by atoms with van der Waals surface area (Å²) in [5, 5.41) is 3.85. The molecule has 0 amide bonds. The summed E-state index contributed by atoms with van der Waals surface area (Å²) in [5.74, 6) is 1.89. The molecule has 0 atom stereocenters. The number of rotatable bonds is 4. The summed E-state index contributed by atoms with van der Waals surface area (Å²) in [6.45, 7) is 0. The summed E-state index contributed by atoms with van der Waals surface area (Å²) in [6.07, 6.45) is 0. The third-order valence-electron chi connectivity index (χ3n) is 2.83. The van der Waals surface area contributed by atoms with Crippen molar-refractivity contribution in [2.45, 2.75) is 0 Å². The Morgan fingerprint density at radius 3 is 2.40 bits per heavy atom. The minimum absolute atomic E-state index is 0.456. The van der Waals surface area contributed by atoms with E-state index in [2.05, 4.69) is 10.3 Å². The molecule has 0 spiro atoms. The largest absolute Gasteiger partial charge is 0.497 e. The lowest BCUT2D eigenvalue weighted by molar-refractivity contribution is 0.395. The highest BCUT2D eigenvalue weighted by molar-refractivity contribution is 6.37. The lowest BCUT2D eigenvalue weighted by atomic mass is 10.1. The fourth-order valence-corrected chi connectivity index (χ4v) is 2.38. The molecular formula is C14H14Cl2N2O2. The molecule has 2 aromatic rings. The molecule has 0 radical (unpaired) electrons. The van der Waals surface area contributed by atoms with Crippen molar-refractivity contribution in [2.75, 3.05) is 26.6 Å². The van der Waals surface area contributed by atoms with E-state index in [1.165, 1.54) is 0 Å². The average molecular weight is 313 g/mol. The highest BCUT2D eigenvalue weighted by Crippen LogP contribution is 2.38. The van der Waals surface area contributed by atoms with Crippen LogP contribution < -0.4 is 14.8 Å². The third kappa shape index (κ3) is 2.76. The van der Waals surface area contributed by atoms with Gasteiger partial charge in [0.2, 0.25) is 0 Å². The number of hydrogen-bond acceptors (Lipinski definition) is 4. The van der Waals surface area contributed by atoms with Gasteiger partial charge in [-0.3, -0.25) is 0 Å². The van der Waals surface area contributed by atoms with E-state index in [-0.39, 0.29) is 0 Å². The standard InChI is InChI=1S/C14H14Cl2N2O2/c1-17-14-11(16)7-10(15)13(18-14)9-5-4-8(19-2)6-12(9)20-3/h4-7H,1-3H3,(H,17,18). The van der Waals surface area contributed by atoms with Crippen LogP contribution in [-0.2, 0) is 0 Å².